The van der Waals surface area contributed by atoms with E-state index in [0.717, 1.165) is 12.8 Å². The van der Waals surface area contributed by atoms with Gasteiger partial charge in [-0.2, -0.15) is 0 Å². The van der Waals surface area contributed by atoms with E-state index >= 15 is 0 Å². The van der Waals surface area contributed by atoms with E-state index in [1.807, 2.05) is 0 Å². The number of nitrogens with one attached hydrogen (secondary N) is 2. The predicted molar refractivity (Wildman–Crippen MR) is 33.1 cm³/mol. The van der Waals surface area contributed by atoms with Gasteiger partial charge in [0.15, 0.2) is 0 Å². The molecule has 0 aromatic rings. The summed E-state index contributed by atoms with van der Waals surface area (Å²) in [6, 6.07) is 0. The minimum atomic E-state index is -0.491. The van der Waals surface area contributed by atoms with Gasteiger partial charge in [0, 0.05) is 0 Å². The van der Waals surface area contributed by atoms with Crippen LogP contribution in [0.5, 0.6) is 0 Å². The molecule has 1 saturated carbocycles. The quantitative estimate of drug-likeness (QED) is 0.442. The van der Waals surface area contributed by atoms with Gasteiger partial charge in [0.2, 0.25) is 11.8 Å². The van der Waals surface area contributed by atoms with Gasteiger partial charge in [0.25, 0.3) is 0 Å². The predicted octanol–water partition coefficient (Wildman–Crippen LogP) is -1.24. The Morgan fingerprint density at radius 2 is 2.00 bits per heavy atom. The summed E-state index contributed by atoms with van der Waals surface area (Å²) in [6.45, 7) is 0.139. The lowest BCUT2D eigenvalue weighted by Crippen LogP contribution is -2.57. The van der Waals surface area contributed by atoms with Crippen LogP contribution in [0.15, 0.2) is 0 Å². The SMILES string of the molecule is O=C1CNC(=O)C2(CC2)N1. The third-order valence-corrected chi connectivity index (χ3v) is 1.97. The Morgan fingerprint density at radius 1 is 1.30 bits per heavy atom. The van der Waals surface area contributed by atoms with Crippen LogP contribution in [0.3, 0.4) is 0 Å². The van der Waals surface area contributed by atoms with Crippen LogP contribution in [-0.4, -0.2) is 23.9 Å². The first-order valence-corrected chi connectivity index (χ1v) is 3.32. The van der Waals surface area contributed by atoms with Crippen molar-refractivity contribution in [2.24, 2.45) is 0 Å². The van der Waals surface area contributed by atoms with Gasteiger partial charge in [-0.1, -0.05) is 0 Å². The Labute approximate surface area is 58.0 Å². The second-order valence-corrected chi connectivity index (χ2v) is 2.81. The van der Waals surface area contributed by atoms with E-state index in [-0.39, 0.29) is 18.4 Å². The molecule has 4 heteroatoms. The first kappa shape index (κ1) is 5.70. The van der Waals surface area contributed by atoms with E-state index in [4.69, 9.17) is 0 Å². The van der Waals surface area contributed by atoms with Crippen LogP contribution in [0.25, 0.3) is 0 Å². The highest BCUT2D eigenvalue weighted by molar-refractivity contribution is 5.99. The lowest BCUT2D eigenvalue weighted by atomic mass is 10.2. The fourth-order valence-corrected chi connectivity index (χ4v) is 1.17. The zero-order chi connectivity index (χ0) is 7.19. The normalized spacial score (nSPS) is 27.6. The summed E-state index contributed by atoms with van der Waals surface area (Å²) in [7, 11) is 0. The maximum absolute atomic E-state index is 11.0. The number of rotatable bonds is 0. The van der Waals surface area contributed by atoms with E-state index in [9.17, 15) is 9.59 Å². The molecule has 0 atom stereocenters. The molecule has 1 heterocycles. The Morgan fingerprint density at radius 3 is 2.50 bits per heavy atom. The van der Waals surface area contributed by atoms with Crippen LogP contribution in [0.4, 0.5) is 0 Å². The lowest BCUT2D eigenvalue weighted by Gasteiger charge is -2.21. The molecule has 2 N–H and O–H groups in total. The first-order valence-electron chi connectivity index (χ1n) is 3.32. The average Bonchev–Trinajstić information content (AvgIpc) is 2.62. The standard InChI is InChI=1S/C6H8N2O2/c9-4-3-7-5(10)6(8-4)1-2-6/h1-3H2,(H,7,10)(H,8,9). The van der Waals surface area contributed by atoms with E-state index in [2.05, 4.69) is 10.6 Å². The molecule has 1 saturated heterocycles. The van der Waals surface area contributed by atoms with E-state index in [0.29, 0.717) is 0 Å². The molecule has 2 amide bonds. The zero-order valence-corrected chi connectivity index (χ0v) is 5.44. The molecular weight excluding hydrogens is 132 g/mol. The van der Waals surface area contributed by atoms with Crippen LogP contribution in [0.2, 0.25) is 0 Å². The maximum Gasteiger partial charge on any atom is 0.246 e. The van der Waals surface area contributed by atoms with Gasteiger partial charge in [0.1, 0.15) is 5.54 Å². The van der Waals surface area contributed by atoms with Gasteiger partial charge < -0.3 is 10.6 Å². The summed E-state index contributed by atoms with van der Waals surface area (Å²) in [5, 5.41) is 5.20. The van der Waals surface area contributed by atoms with Crippen molar-refractivity contribution in [1.29, 1.82) is 0 Å². The van der Waals surface area contributed by atoms with Crippen molar-refractivity contribution in [3.05, 3.63) is 0 Å². The summed E-state index contributed by atoms with van der Waals surface area (Å²) < 4.78 is 0. The molecule has 1 spiro atoms. The molecule has 2 fully saturated rings. The lowest BCUT2D eigenvalue weighted by molar-refractivity contribution is -0.134. The molecule has 0 radical (unpaired) electrons. The number of hydrogen-bond donors (Lipinski definition) is 2. The van der Waals surface area contributed by atoms with Gasteiger partial charge in [-0.3, -0.25) is 9.59 Å². The zero-order valence-electron chi connectivity index (χ0n) is 5.44. The van der Waals surface area contributed by atoms with Crippen molar-refractivity contribution in [2.45, 2.75) is 18.4 Å². The topological polar surface area (TPSA) is 58.2 Å². The average molecular weight is 140 g/mol. The Balaban J connectivity index is 2.17. The van der Waals surface area contributed by atoms with E-state index in [1.54, 1.807) is 0 Å². The molecule has 1 aliphatic heterocycles. The highest BCUT2D eigenvalue weighted by atomic mass is 16.2. The summed E-state index contributed by atoms with van der Waals surface area (Å²) in [4.78, 5) is 21.7. The van der Waals surface area contributed by atoms with Gasteiger partial charge in [-0.25, -0.2) is 0 Å². The summed E-state index contributed by atoms with van der Waals surface area (Å²) in [5.74, 6) is -0.0933. The van der Waals surface area contributed by atoms with Crippen LogP contribution < -0.4 is 10.6 Å². The fourth-order valence-electron chi connectivity index (χ4n) is 1.17. The molecule has 54 valence electrons. The number of carbonyl (C=O) groups is 2. The third-order valence-electron chi connectivity index (χ3n) is 1.97. The van der Waals surface area contributed by atoms with Crippen LogP contribution in [0, 0.1) is 0 Å². The van der Waals surface area contributed by atoms with Crippen LogP contribution in [-0.2, 0) is 9.59 Å². The van der Waals surface area contributed by atoms with Gasteiger partial charge >= 0.3 is 0 Å². The number of piperazine rings is 1. The van der Waals surface area contributed by atoms with Crippen LogP contribution in [0.1, 0.15) is 12.8 Å². The third kappa shape index (κ3) is 0.616. The summed E-state index contributed by atoms with van der Waals surface area (Å²) in [5.41, 5.74) is -0.491. The van der Waals surface area contributed by atoms with E-state index < -0.39 is 5.54 Å². The number of carbonyl (C=O) groups excluding carboxylic acids is 2. The highest BCUT2D eigenvalue weighted by Crippen LogP contribution is 2.36. The number of amides is 2. The largest absolute Gasteiger partial charge is 0.345 e. The Hall–Kier alpha value is -1.06. The molecule has 10 heavy (non-hydrogen) atoms. The monoisotopic (exact) mass is 140 g/mol. The fraction of sp³-hybridized carbons (Fsp3) is 0.667. The van der Waals surface area contributed by atoms with Crippen molar-refractivity contribution in [1.82, 2.24) is 10.6 Å². The smallest absolute Gasteiger partial charge is 0.246 e. The van der Waals surface area contributed by atoms with Crippen molar-refractivity contribution >= 4 is 11.8 Å². The molecule has 0 aromatic heterocycles. The van der Waals surface area contributed by atoms with E-state index in [1.165, 1.54) is 0 Å². The minimum Gasteiger partial charge on any atom is -0.345 e. The molecule has 0 unspecified atom stereocenters. The van der Waals surface area contributed by atoms with Crippen molar-refractivity contribution in [3.63, 3.8) is 0 Å². The maximum atomic E-state index is 11.0. The molecule has 4 nitrogen and oxygen atoms in total. The second kappa shape index (κ2) is 1.51. The van der Waals surface area contributed by atoms with Crippen LogP contribution >= 0.6 is 0 Å². The summed E-state index contributed by atoms with van der Waals surface area (Å²) >= 11 is 0. The molecular formula is C6H8N2O2. The molecule has 1 aliphatic carbocycles. The number of hydrogen-bond acceptors (Lipinski definition) is 2. The highest BCUT2D eigenvalue weighted by Gasteiger charge is 2.53. The van der Waals surface area contributed by atoms with Gasteiger partial charge in [0.05, 0.1) is 6.54 Å². The molecule has 2 rings (SSSR count). The van der Waals surface area contributed by atoms with Gasteiger partial charge in [-0.05, 0) is 12.8 Å². The molecule has 0 bridgehead atoms. The second-order valence-electron chi connectivity index (χ2n) is 2.81. The van der Waals surface area contributed by atoms with Gasteiger partial charge in [-0.15, -0.1) is 0 Å². The molecule has 2 aliphatic rings. The van der Waals surface area contributed by atoms with Crippen molar-refractivity contribution < 1.29 is 9.59 Å². The van der Waals surface area contributed by atoms with Crippen molar-refractivity contribution in [3.8, 4) is 0 Å². The summed E-state index contributed by atoms with van der Waals surface area (Å²) in [6.07, 6.45) is 1.59. The Kier molecular flexibility index (Phi) is 0.859. The Bertz CT molecular complexity index is 208. The van der Waals surface area contributed by atoms with Crippen molar-refractivity contribution in [2.75, 3.05) is 6.54 Å². The molecule has 0 aromatic carbocycles. The minimum absolute atomic E-state index is 0.0212. The first-order chi connectivity index (χ1) is 4.73.